The van der Waals surface area contributed by atoms with Gasteiger partial charge < -0.3 is 82.7 Å². The molecule has 0 bridgehead atoms. The molecule has 14 N–H and O–H groups in total. The molecule has 0 unspecified atom stereocenters. The van der Waals surface area contributed by atoms with Crippen molar-refractivity contribution in [1.82, 2.24) is 20.4 Å². The van der Waals surface area contributed by atoms with Crippen molar-refractivity contribution in [3.63, 3.8) is 0 Å². The van der Waals surface area contributed by atoms with Crippen molar-refractivity contribution in [2.24, 2.45) is 57.4 Å². The number of carboxylic acids is 2. The van der Waals surface area contributed by atoms with Crippen LogP contribution in [0.15, 0.2) is 60.7 Å². The Morgan fingerprint density at radius 1 is 0.605 bits per heavy atom. The van der Waals surface area contributed by atoms with E-state index in [0.717, 1.165) is 0 Å². The van der Waals surface area contributed by atoms with Crippen LogP contribution >= 0.6 is 0 Å². The van der Waals surface area contributed by atoms with Crippen LogP contribution in [0.4, 0.5) is 11.4 Å². The Morgan fingerprint density at radius 3 is 1.20 bits per heavy atom. The second-order valence-electron chi connectivity index (χ2n) is 25.0. The smallest absolute Gasteiger partial charge is 0.328 e. The molecular formula is C60H98N10O16. The number of hydrogen-bond acceptors (Lipinski definition) is 18. The lowest BCUT2D eigenvalue weighted by Crippen LogP contribution is -2.64. The third-order valence-electron chi connectivity index (χ3n) is 15.3. The van der Waals surface area contributed by atoms with E-state index in [-0.39, 0.29) is 101 Å². The number of aliphatic hydroxyl groups is 2. The first-order valence-electron chi connectivity index (χ1n) is 28.5. The number of ether oxygens (including phenoxy) is 4. The predicted molar refractivity (Wildman–Crippen MR) is 324 cm³/mol. The second-order valence-corrected chi connectivity index (χ2v) is 25.0. The number of para-hydroxylation sites is 4. The van der Waals surface area contributed by atoms with Crippen LogP contribution in [0.3, 0.4) is 0 Å². The number of hydrogen-bond donors (Lipinski definition) is 10. The number of anilines is 2. The molecule has 2 heterocycles. The highest BCUT2D eigenvalue weighted by Crippen LogP contribution is 2.35. The second kappa shape index (κ2) is 33.9. The maximum Gasteiger partial charge on any atom is 0.328 e. The van der Waals surface area contributed by atoms with Gasteiger partial charge in [-0.1, -0.05) is 52.0 Å². The molecule has 0 radical (unpaired) electrons. The van der Waals surface area contributed by atoms with Crippen LogP contribution in [0.5, 0.6) is 11.5 Å². The Kier molecular flexibility index (Phi) is 29.7. The molecule has 0 saturated carbocycles. The summed E-state index contributed by atoms with van der Waals surface area (Å²) in [6.45, 7) is 24.3. The Bertz CT molecular complexity index is 2440. The van der Waals surface area contributed by atoms with Gasteiger partial charge in [0.2, 0.25) is 35.4 Å². The number of rotatable bonds is 30. The zero-order chi connectivity index (χ0) is 65.7. The Hall–Kier alpha value is -6.78. The quantitative estimate of drug-likeness (QED) is 0.0394. The summed E-state index contributed by atoms with van der Waals surface area (Å²) in [5, 5.41) is 43.2. The van der Waals surface area contributed by atoms with Crippen molar-refractivity contribution >= 4 is 58.8 Å². The number of nitrogens with zero attached hydrogens (tertiary/aromatic N) is 4. The molecule has 2 aromatic carbocycles. The van der Waals surface area contributed by atoms with Crippen molar-refractivity contribution in [2.75, 3.05) is 90.0 Å². The molecule has 6 atom stereocenters. The lowest BCUT2D eigenvalue weighted by atomic mass is 9.86. The molecule has 2 aromatic rings. The normalized spacial score (nSPS) is 17.7. The zero-order valence-electron chi connectivity index (χ0n) is 52.7. The molecule has 2 aliphatic heterocycles. The average molecular weight is 1220 g/mol. The number of amides is 6. The molecule has 26 nitrogen and oxygen atoms in total. The fraction of sp³-hybridized carbons (Fsp3) is 0.633. The van der Waals surface area contributed by atoms with Crippen LogP contribution in [-0.2, 0) is 47.8 Å². The molecule has 2 aliphatic rings. The monoisotopic (exact) mass is 1210 g/mol. The van der Waals surface area contributed by atoms with E-state index in [1.54, 1.807) is 49.6 Å². The van der Waals surface area contributed by atoms with Gasteiger partial charge in [-0.25, -0.2) is 9.59 Å². The minimum Gasteiger partial charge on any atom is -0.478 e. The van der Waals surface area contributed by atoms with Crippen molar-refractivity contribution in [3.05, 3.63) is 60.7 Å². The molecule has 2 saturated heterocycles. The molecule has 86 heavy (non-hydrogen) atoms. The minimum absolute atomic E-state index is 0.0644. The van der Waals surface area contributed by atoms with Gasteiger partial charge in [-0.05, 0) is 104 Å². The average Bonchev–Trinajstić information content (AvgIpc) is 0.924. The minimum atomic E-state index is -1.26. The molecule has 6 amide bonds. The number of primary amides is 2. The fourth-order valence-electron chi connectivity index (χ4n) is 9.17. The van der Waals surface area contributed by atoms with E-state index in [1.165, 1.54) is 14.2 Å². The maximum absolute atomic E-state index is 13.2. The van der Waals surface area contributed by atoms with Crippen LogP contribution in [0.2, 0.25) is 0 Å². The van der Waals surface area contributed by atoms with Crippen LogP contribution in [-0.4, -0.2) is 193 Å². The summed E-state index contributed by atoms with van der Waals surface area (Å²) in [5.74, 6) is -4.30. The van der Waals surface area contributed by atoms with Crippen LogP contribution in [0.25, 0.3) is 0 Å². The third kappa shape index (κ3) is 23.5. The first-order chi connectivity index (χ1) is 39.8. The molecule has 2 fully saturated rings. The van der Waals surface area contributed by atoms with Gasteiger partial charge in [0.1, 0.15) is 11.5 Å². The number of nitrogens with two attached hydrogens (primary N) is 4. The van der Waals surface area contributed by atoms with E-state index in [0.29, 0.717) is 48.1 Å². The van der Waals surface area contributed by atoms with Gasteiger partial charge in [0, 0.05) is 101 Å². The summed E-state index contributed by atoms with van der Waals surface area (Å²) in [4.78, 5) is 102. The van der Waals surface area contributed by atoms with Gasteiger partial charge in [-0.2, -0.15) is 0 Å². The number of aliphatic hydroxyl groups excluding tert-OH is 2. The molecule has 0 aromatic heterocycles. The molecule has 4 rings (SSSR count). The van der Waals surface area contributed by atoms with Gasteiger partial charge in [-0.15, -0.1) is 0 Å². The Morgan fingerprint density at radius 2 is 0.919 bits per heavy atom. The Balaban J connectivity index is 0.000000520. The van der Waals surface area contributed by atoms with Crippen molar-refractivity contribution in [1.29, 1.82) is 0 Å². The number of methoxy groups -OCH3 is 2. The van der Waals surface area contributed by atoms with Gasteiger partial charge >= 0.3 is 11.9 Å². The van der Waals surface area contributed by atoms with Crippen LogP contribution in [0, 0.1) is 34.5 Å². The summed E-state index contributed by atoms with van der Waals surface area (Å²) in [6.07, 6.45) is -0.524. The lowest BCUT2D eigenvalue weighted by Gasteiger charge is -2.48. The molecular weight excluding hydrogens is 1120 g/mol. The van der Waals surface area contributed by atoms with E-state index in [9.17, 15) is 48.6 Å². The fourth-order valence-corrected chi connectivity index (χ4v) is 9.17. The number of benzene rings is 2. The number of piperazine rings is 2. The standard InChI is InChI=1S/2C28H47N5O6.C4H4O4/c2*1-18(2)19(25(36)31-15-27(3,4)26(30)37)12-22(34)20(29)13-32-14-24(35)33(16-28(32,5)6)21-10-8-9-11-23(21)39-17-38-7;5-3(6)1-2-4(7)8/h2*8-11,18-20,22,34H,12-17,29H2,1-7H3,(H2,30,37)(H,31,36);1-2H,(H,5,6)(H,7,8)/b;;2-1+/t2*19-,20-,22-;/m00./s1. The molecule has 484 valence electrons. The van der Waals surface area contributed by atoms with Gasteiger partial charge in [0.25, 0.3) is 0 Å². The molecule has 0 spiro atoms. The first-order valence-corrected chi connectivity index (χ1v) is 28.5. The first kappa shape index (κ1) is 75.3. The summed E-state index contributed by atoms with van der Waals surface area (Å²) in [6, 6.07) is 13.3. The summed E-state index contributed by atoms with van der Waals surface area (Å²) >= 11 is 0. The van der Waals surface area contributed by atoms with Crippen LogP contribution < -0.4 is 52.8 Å². The zero-order valence-corrected chi connectivity index (χ0v) is 52.7. The van der Waals surface area contributed by atoms with E-state index >= 15 is 0 Å². The number of carboxylic acid groups (broad SMARTS) is 2. The van der Waals surface area contributed by atoms with Gasteiger partial charge in [-0.3, -0.25) is 38.6 Å². The summed E-state index contributed by atoms with van der Waals surface area (Å²) in [5.41, 5.74) is 22.3. The summed E-state index contributed by atoms with van der Waals surface area (Å²) < 4.78 is 21.4. The number of carbonyl (C=O) groups excluding carboxylic acids is 6. The highest BCUT2D eigenvalue weighted by atomic mass is 16.7. The van der Waals surface area contributed by atoms with E-state index in [1.807, 2.05) is 102 Å². The van der Waals surface area contributed by atoms with E-state index in [2.05, 4.69) is 10.6 Å². The van der Waals surface area contributed by atoms with Gasteiger partial charge in [0.15, 0.2) is 13.6 Å². The van der Waals surface area contributed by atoms with Crippen molar-refractivity contribution in [3.8, 4) is 11.5 Å². The molecule has 26 heteroatoms. The Labute approximate surface area is 506 Å². The van der Waals surface area contributed by atoms with Gasteiger partial charge in [0.05, 0.1) is 47.5 Å². The van der Waals surface area contributed by atoms with Crippen molar-refractivity contribution in [2.45, 2.75) is 131 Å². The predicted octanol–water partition coefficient (Wildman–Crippen LogP) is 1.86. The maximum atomic E-state index is 13.2. The number of nitrogens with one attached hydrogen (secondary N) is 2. The van der Waals surface area contributed by atoms with E-state index < -0.39 is 81.8 Å². The highest BCUT2D eigenvalue weighted by molar-refractivity contribution is 5.98. The topological polar surface area (TPSA) is 396 Å². The van der Waals surface area contributed by atoms with Crippen LogP contribution in [0.1, 0.15) is 95.9 Å². The summed E-state index contributed by atoms with van der Waals surface area (Å²) in [7, 11) is 3.07. The largest absolute Gasteiger partial charge is 0.478 e. The van der Waals surface area contributed by atoms with E-state index in [4.69, 9.17) is 52.1 Å². The number of aliphatic carboxylic acids is 2. The highest BCUT2D eigenvalue weighted by Gasteiger charge is 2.43. The molecule has 0 aliphatic carbocycles. The lowest BCUT2D eigenvalue weighted by molar-refractivity contribution is -0.134. The SMILES string of the molecule is COCOc1ccccc1N1CC(C)(C)N(C[C@H](N)[C@@H](O)C[C@H](C(=O)NCC(C)(C)C(N)=O)C(C)C)CC1=O.COCOc1ccccc1N1CC(C)(C)N(C[C@H](N)[C@@H](O)C[C@H](C(=O)NCC(C)(C)C(N)=O)C(C)C)CC1=O.O=C(O)/C=C/C(=O)O. The van der Waals surface area contributed by atoms with Crippen molar-refractivity contribution < 1.29 is 77.7 Å². The third-order valence-corrected chi connectivity index (χ3v) is 15.3. The number of carbonyl (C=O) groups is 8.